The number of carbonyl (C=O) groups excluding carboxylic acids is 1. The van der Waals surface area contributed by atoms with E-state index < -0.39 is 9.84 Å². The Hall–Kier alpha value is -1.37. The van der Waals surface area contributed by atoms with E-state index in [9.17, 15) is 13.2 Å². The molecule has 0 saturated carbocycles. The van der Waals surface area contributed by atoms with Crippen molar-refractivity contribution in [1.82, 2.24) is 15.5 Å². The molecule has 0 spiro atoms. The van der Waals surface area contributed by atoms with E-state index in [0.717, 1.165) is 56.2 Å². The van der Waals surface area contributed by atoms with Gasteiger partial charge in [0.05, 0.1) is 11.5 Å². The number of sulfone groups is 1. The Balaban J connectivity index is 1.44. The SMILES string of the molecule is O=C(NCCCC1CCS(=O)(=O)C1)c1n[nH]c2c1CCCC2. The number of aromatic amines is 1. The summed E-state index contributed by atoms with van der Waals surface area (Å²) in [5.74, 6) is 0.788. The van der Waals surface area contributed by atoms with Crippen LogP contribution < -0.4 is 5.32 Å². The van der Waals surface area contributed by atoms with Gasteiger partial charge in [-0.1, -0.05) is 0 Å². The number of fused-ring (bicyclic) bond motifs is 1. The van der Waals surface area contributed by atoms with Crippen molar-refractivity contribution >= 4 is 15.7 Å². The lowest BCUT2D eigenvalue weighted by Crippen LogP contribution is -2.26. The van der Waals surface area contributed by atoms with E-state index in [1.54, 1.807) is 0 Å². The third-order valence-corrected chi connectivity index (χ3v) is 6.51. The summed E-state index contributed by atoms with van der Waals surface area (Å²) in [5, 5.41) is 10.0. The molecule has 1 atom stereocenters. The highest BCUT2D eigenvalue weighted by Crippen LogP contribution is 2.23. The van der Waals surface area contributed by atoms with Gasteiger partial charge in [0.15, 0.2) is 15.5 Å². The van der Waals surface area contributed by atoms with Gasteiger partial charge in [-0.05, 0) is 50.9 Å². The Labute approximate surface area is 131 Å². The Morgan fingerprint density at radius 2 is 2.14 bits per heavy atom. The van der Waals surface area contributed by atoms with Gasteiger partial charge < -0.3 is 5.32 Å². The molecule has 2 heterocycles. The Kier molecular flexibility index (Phi) is 4.52. The summed E-state index contributed by atoms with van der Waals surface area (Å²) in [6, 6.07) is 0. The molecule has 6 nitrogen and oxygen atoms in total. The molecular weight excluding hydrogens is 302 g/mol. The van der Waals surface area contributed by atoms with Gasteiger partial charge >= 0.3 is 0 Å². The maximum Gasteiger partial charge on any atom is 0.272 e. The third-order valence-electron chi connectivity index (χ3n) is 4.67. The molecule has 1 aromatic heterocycles. The summed E-state index contributed by atoms with van der Waals surface area (Å²) in [5.41, 5.74) is 2.72. The molecule has 0 bridgehead atoms. The van der Waals surface area contributed by atoms with E-state index in [4.69, 9.17) is 0 Å². The predicted molar refractivity (Wildman–Crippen MR) is 83.6 cm³/mol. The molecule has 1 fully saturated rings. The first-order valence-corrected chi connectivity index (χ1v) is 9.92. The Bertz CT molecular complexity index is 651. The zero-order valence-corrected chi connectivity index (χ0v) is 13.5. The second-order valence-electron chi connectivity index (χ2n) is 6.40. The van der Waals surface area contributed by atoms with Crippen LogP contribution in [0.3, 0.4) is 0 Å². The average molecular weight is 325 g/mol. The molecule has 0 aromatic carbocycles. The van der Waals surface area contributed by atoms with Gasteiger partial charge in [-0.15, -0.1) is 0 Å². The molecule has 1 aliphatic carbocycles. The van der Waals surface area contributed by atoms with Crippen LogP contribution in [0.2, 0.25) is 0 Å². The first-order valence-electron chi connectivity index (χ1n) is 8.10. The fourth-order valence-corrected chi connectivity index (χ4v) is 5.36. The predicted octanol–water partition coefficient (Wildman–Crippen LogP) is 1.23. The molecule has 0 radical (unpaired) electrons. The average Bonchev–Trinajstić information content (AvgIpc) is 3.06. The van der Waals surface area contributed by atoms with E-state index in [1.807, 2.05) is 0 Å². The molecular formula is C15H23N3O3S. The van der Waals surface area contributed by atoms with Gasteiger partial charge in [-0.25, -0.2) is 8.42 Å². The summed E-state index contributed by atoms with van der Waals surface area (Å²) in [6.45, 7) is 0.580. The summed E-state index contributed by atoms with van der Waals surface area (Å²) >= 11 is 0. The van der Waals surface area contributed by atoms with Gasteiger partial charge in [0.25, 0.3) is 5.91 Å². The highest BCUT2D eigenvalue weighted by molar-refractivity contribution is 7.91. The zero-order chi connectivity index (χ0) is 15.6. The number of nitrogens with zero attached hydrogens (tertiary/aromatic N) is 1. The quantitative estimate of drug-likeness (QED) is 0.797. The normalized spacial score (nSPS) is 23.2. The number of aromatic nitrogens is 2. The highest BCUT2D eigenvalue weighted by Gasteiger charge is 2.27. The molecule has 122 valence electrons. The zero-order valence-electron chi connectivity index (χ0n) is 12.7. The van der Waals surface area contributed by atoms with Gasteiger partial charge in [0.2, 0.25) is 0 Å². The van der Waals surface area contributed by atoms with Crippen LogP contribution in [-0.4, -0.2) is 42.6 Å². The minimum Gasteiger partial charge on any atom is -0.351 e. The smallest absolute Gasteiger partial charge is 0.272 e. The molecule has 1 unspecified atom stereocenters. The number of nitrogens with one attached hydrogen (secondary N) is 2. The molecule has 22 heavy (non-hydrogen) atoms. The number of amides is 1. The van der Waals surface area contributed by atoms with Crippen molar-refractivity contribution in [3.63, 3.8) is 0 Å². The highest BCUT2D eigenvalue weighted by atomic mass is 32.2. The summed E-state index contributed by atoms with van der Waals surface area (Å²) < 4.78 is 22.8. The number of hydrogen-bond acceptors (Lipinski definition) is 4. The number of H-pyrrole nitrogens is 1. The van der Waals surface area contributed by atoms with Crippen LogP contribution in [0, 0.1) is 5.92 Å². The monoisotopic (exact) mass is 325 g/mol. The second kappa shape index (κ2) is 6.40. The number of hydrogen-bond donors (Lipinski definition) is 2. The second-order valence-corrected chi connectivity index (χ2v) is 8.63. The van der Waals surface area contributed by atoms with Crippen molar-refractivity contribution in [3.05, 3.63) is 17.0 Å². The van der Waals surface area contributed by atoms with Crippen molar-refractivity contribution < 1.29 is 13.2 Å². The molecule has 1 aliphatic heterocycles. The topological polar surface area (TPSA) is 91.9 Å². The van der Waals surface area contributed by atoms with Crippen molar-refractivity contribution in [2.45, 2.75) is 44.9 Å². The molecule has 2 N–H and O–H groups in total. The van der Waals surface area contributed by atoms with E-state index >= 15 is 0 Å². The number of rotatable bonds is 5. The van der Waals surface area contributed by atoms with Gasteiger partial charge in [-0.2, -0.15) is 5.10 Å². The summed E-state index contributed by atoms with van der Waals surface area (Å²) in [6.07, 6.45) is 6.61. The number of aryl methyl sites for hydroxylation is 1. The van der Waals surface area contributed by atoms with Gasteiger partial charge in [0.1, 0.15) is 0 Å². The van der Waals surface area contributed by atoms with E-state index in [2.05, 4.69) is 15.5 Å². The van der Waals surface area contributed by atoms with Crippen molar-refractivity contribution in [3.8, 4) is 0 Å². The van der Waals surface area contributed by atoms with Crippen molar-refractivity contribution in [2.75, 3.05) is 18.1 Å². The lowest BCUT2D eigenvalue weighted by molar-refractivity contribution is 0.0946. The van der Waals surface area contributed by atoms with Crippen molar-refractivity contribution in [2.24, 2.45) is 5.92 Å². The lowest BCUT2D eigenvalue weighted by atomic mass is 9.96. The Morgan fingerprint density at radius 3 is 2.91 bits per heavy atom. The Morgan fingerprint density at radius 1 is 1.32 bits per heavy atom. The maximum atomic E-state index is 12.2. The number of carbonyl (C=O) groups is 1. The lowest BCUT2D eigenvalue weighted by Gasteiger charge is -2.11. The summed E-state index contributed by atoms with van der Waals surface area (Å²) in [4.78, 5) is 12.2. The minimum absolute atomic E-state index is 0.113. The van der Waals surface area contributed by atoms with E-state index in [-0.39, 0.29) is 11.8 Å². The summed E-state index contributed by atoms with van der Waals surface area (Å²) in [7, 11) is -2.80. The van der Waals surface area contributed by atoms with Crippen LogP contribution in [0.4, 0.5) is 0 Å². The van der Waals surface area contributed by atoms with Crippen LogP contribution in [0.1, 0.15) is 53.8 Å². The first-order chi connectivity index (χ1) is 10.6. The standard InChI is InChI=1S/C15H23N3O3S/c19-15(14-12-5-1-2-6-13(12)17-18-14)16-8-3-4-11-7-9-22(20,21)10-11/h11H,1-10H2,(H,16,19)(H,17,18). The van der Waals surface area contributed by atoms with Gasteiger partial charge in [0, 0.05) is 17.8 Å². The van der Waals surface area contributed by atoms with Gasteiger partial charge in [-0.3, -0.25) is 9.89 Å². The van der Waals surface area contributed by atoms with Crippen LogP contribution >= 0.6 is 0 Å². The van der Waals surface area contributed by atoms with Crippen molar-refractivity contribution in [1.29, 1.82) is 0 Å². The van der Waals surface area contributed by atoms with E-state index in [0.29, 0.717) is 23.7 Å². The molecule has 1 saturated heterocycles. The molecule has 7 heteroatoms. The molecule has 1 aromatic rings. The van der Waals surface area contributed by atoms with Crippen LogP contribution in [0.25, 0.3) is 0 Å². The maximum absolute atomic E-state index is 12.2. The fraction of sp³-hybridized carbons (Fsp3) is 0.733. The largest absolute Gasteiger partial charge is 0.351 e. The molecule has 2 aliphatic rings. The van der Waals surface area contributed by atoms with Crippen LogP contribution in [0.15, 0.2) is 0 Å². The van der Waals surface area contributed by atoms with Crippen LogP contribution in [-0.2, 0) is 22.7 Å². The minimum atomic E-state index is -2.80. The molecule has 3 rings (SSSR count). The van der Waals surface area contributed by atoms with E-state index in [1.165, 1.54) is 0 Å². The molecule has 1 amide bonds. The first kappa shape index (κ1) is 15.5. The fourth-order valence-electron chi connectivity index (χ4n) is 3.44. The third kappa shape index (κ3) is 3.51. The van der Waals surface area contributed by atoms with Crippen LogP contribution in [0.5, 0.6) is 0 Å².